The molecular weight excluding hydrogens is 618 g/mol. The van der Waals surface area contributed by atoms with Gasteiger partial charge < -0.3 is 19.1 Å². The van der Waals surface area contributed by atoms with Crippen molar-refractivity contribution in [2.24, 2.45) is 35.0 Å². The van der Waals surface area contributed by atoms with E-state index in [1.165, 1.54) is 6.42 Å². The molecule has 2 aliphatic heterocycles. The van der Waals surface area contributed by atoms with Crippen molar-refractivity contribution in [1.82, 2.24) is 14.9 Å². The van der Waals surface area contributed by atoms with Crippen LogP contribution in [0.4, 0.5) is 0 Å². The Balaban J connectivity index is 1.38. The molecule has 1 aromatic heterocycles. The molecule has 47 heavy (non-hydrogen) atoms. The zero-order valence-electron chi connectivity index (χ0n) is 28.9. The lowest BCUT2D eigenvalue weighted by molar-refractivity contribution is -0.167. The van der Waals surface area contributed by atoms with Crippen LogP contribution in [-0.4, -0.2) is 63.1 Å². The number of esters is 2. The quantitative estimate of drug-likeness (QED) is 0.301. The normalized spacial score (nSPS) is 32.0. The second kappa shape index (κ2) is 12.8. The van der Waals surface area contributed by atoms with Gasteiger partial charge in [-0.3, -0.25) is 9.59 Å². The minimum Gasteiger partial charge on any atom is -0.471 e. The zero-order valence-corrected chi connectivity index (χ0v) is 29.6. The number of ether oxygens (including phenoxy) is 3. The first kappa shape index (κ1) is 33.9. The summed E-state index contributed by atoms with van der Waals surface area (Å²) in [7, 11) is 0. The molecule has 0 N–H and O–H groups in total. The lowest BCUT2D eigenvalue weighted by atomic mass is 9.77. The van der Waals surface area contributed by atoms with Crippen molar-refractivity contribution in [2.75, 3.05) is 6.54 Å². The standard InChI is InChI=1S/C37H50ClN3O6/c1-20-30-19-41(32(20)35(44)47-37(5,6)7)34(43)25(36(2,3)4)18-31(42)45-29-16-21-15-24(21)23(29)11-9-8-10-12-27-33(46-30)40-28-17-22(38)13-14-26(28)39-27/h13-14,17,20-21,23-25,29-30,32H,8-12,15-16,18-19H2,1-7H3/t20-,21+,23-,24+,25-,29-,30+,32+/m1/s1. The van der Waals surface area contributed by atoms with E-state index < -0.39 is 41.0 Å². The Hall–Kier alpha value is -2.94. The highest BCUT2D eigenvalue weighted by molar-refractivity contribution is 6.31. The van der Waals surface area contributed by atoms with Gasteiger partial charge >= 0.3 is 11.9 Å². The molecule has 4 aliphatic rings. The third-order valence-electron chi connectivity index (χ3n) is 10.6. The minimum atomic E-state index is -0.896. The number of amides is 1. The molecule has 6 rings (SSSR count). The number of fused-ring (bicyclic) bond motifs is 7. The zero-order chi connectivity index (χ0) is 33.8. The molecule has 0 unspecified atom stereocenters. The fourth-order valence-corrected chi connectivity index (χ4v) is 8.20. The predicted octanol–water partition coefficient (Wildman–Crippen LogP) is 6.96. The van der Waals surface area contributed by atoms with E-state index in [4.69, 9.17) is 35.8 Å². The molecule has 2 aromatic rings. The van der Waals surface area contributed by atoms with Gasteiger partial charge in [-0.25, -0.2) is 14.8 Å². The number of aryl methyl sites for hydroxylation is 1. The Bertz CT molecular complexity index is 1530. The number of hydrogen-bond acceptors (Lipinski definition) is 8. The first-order chi connectivity index (χ1) is 22.1. The summed E-state index contributed by atoms with van der Waals surface area (Å²) in [6.45, 7) is 13.4. The lowest BCUT2D eigenvalue weighted by Crippen LogP contribution is -2.50. The number of hydrogen-bond donors (Lipinski definition) is 0. The molecule has 3 fully saturated rings. The van der Waals surface area contributed by atoms with Gasteiger partial charge in [-0.05, 0) is 94.2 Å². The van der Waals surface area contributed by atoms with Crippen LogP contribution in [0.15, 0.2) is 18.2 Å². The predicted molar refractivity (Wildman–Crippen MR) is 179 cm³/mol. The molecule has 1 aromatic carbocycles. The van der Waals surface area contributed by atoms with Crippen molar-refractivity contribution in [1.29, 1.82) is 0 Å². The van der Waals surface area contributed by atoms with Gasteiger partial charge in [0.15, 0.2) is 0 Å². The van der Waals surface area contributed by atoms with Crippen molar-refractivity contribution < 1.29 is 28.6 Å². The molecule has 1 amide bonds. The van der Waals surface area contributed by atoms with Crippen LogP contribution in [0.25, 0.3) is 11.0 Å². The summed E-state index contributed by atoms with van der Waals surface area (Å²) in [6, 6.07) is 4.55. The molecule has 1 saturated heterocycles. The molecule has 2 saturated carbocycles. The maximum Gasteiger partial charge on any atom is 0.329 e. The summed E-state index contributed by atoms with van der Waals surface area (Å²) in [4.78, 5) is 53.3. The number of aromatic nitrogens is 2. The van der Waals surface area contributed by atoms with Crippen LogP contribution in [0, 0.1) is 35.0 Å². The van der Waals surface area contributed by atoms with Gasteiger partial charge in [-0.15, -0.1) is 0 Å². The minimum absolute atomic E-state index is 0.0423. The molecule has 2 bridgehead atoms. The van der Waals surface area contributed by atoms with Gasteiger partial charge in [-0.2, -0.15) is 0 Å². The lowest BCUT2D eigenvalue weighted by Gasteiger charge is -2.35. The Labute approximate surface area is 283 Å². The number of halogens is 1. The smallest absolute Gasteiger partial charge is 0.329 e. The second-order valence-electron chi connectivity index (χ2n) is 16.4. The number of benzene rings is 1. The van der Waals surface area contributed by atoms with Crippen LogP contribution >= 0.6 is 11.6 Å². The summed E-state index contributed by atoms with van der Waals surface area (Å²) >= 11 is 6.32. The molecule has 0 spiro atoms. The van der Waals surface area contributed by atoms with Crippen LogP contribution in [0.1, 0.15) is 99.1 Å². The Morgan fingerprint density at radius 2 is 1.72 bits per heavy atom. The Morgan fingerprint density at radius 3 is 2.45 bits per heavy atom. The van der Waals surface area contributed by atoms with E-state index in [-0.39, 0.29) is 30.9 Å². The molecule has 256 valence electrons. The molecule has 10 heteroatoms. The third kappa shape index (κ3) is 7.40. The van der Waals surface area contributed by atoms with Crippen molar-refractivity contribution >= 4 is 40.5 Å². The van der Waals surface area contributed by atoms with Gasteiger partial charge in [0.1, 0.15) is 29.5 Å². The summed E-state index contributed by atoms with van der Waals surface area (Å²) in [5.74, 6) is -0.160. The summed E-state index contributed by atoms with van der Waals surface area (Å²) < 4.78 is 18.7. The first-order valence-electron chi connectivity index (χ1n) is 17.4. The fourth-order valence-electron chi connectivity index (χ4n) is 8.03. The van der Waals surface area contributed by atoms with Gasteiger partial charge in [-0.1, -0.05) is 52.1 Å². The van der Waals surface area contributed by atoms with E-state index >= 15 is 0 Å². The molecule has 3 heterocycles. The van der Waals surface area contributed by atoms with E-state index in [2.05, 4.69) is 0 Å². The maximum atomic E-state index is 14.6. The molecule has 9 nitrogen and oxygen atoms in total. The third-order valence-corrected chi connectivity index (χ3v) is 10.9. The monoisotopic (exact) mass is 667 g/mol. The summed E-state index contributed by atoms with van der Waals surface area (Å²) in [5, 5.41) is 0.554. The van der Waals surface area contributed by atoms with E-state index in [9.17, 15) is 14.4 Å². The van der Waals surface area contributed by atoms with Gasteiger partial charge in [0.2, 0.25) is 11.8 Å². The van der Waals surface area contributed by atoms with Gasteiger partial charge in [0, 0.05) is 10.9 Å². The fraction of sp³-hybridized carbons (Fsp3) is 0.703. The number of nitrogens with zero attached hydrogens (tertiary/aromatic N) is 3. The van der Waals surface area contributed by atoms with Crippen LogP contribution in [0.3, 0.4) is 0 Å². The highest BCUT2D eigenvalue weighted by Crippen LogP contribution is 2.58. The number of carbonyl (C=O) groups excluding carboxylic acids is 3. The number of rotatable bonds is 1. The van der Waals surface area contributed by atoms with E-state index in [0.717, 1.165) is 43.3 Å². The highest BCUT2D eigenvalue weighted by atomic mass is 35.5. The SMILES string of the molecule is C[C@@H]1[C@@H]2CN(C(=O)[C@H](C(C)(C)C)CC(=O)O[C@@H]3C[C@@H]4C[C@@H]4[C@H]3CCCCCc3nc4ccc(Cl)cc4nc3O2)[C@@H]1C(=O)OC(C)(C)C. The van der Waals surface area contributed by atoms with Gasteiger partial charge in [0.25, 0.3) is 0 Å². The topological polar surface area (TPSA) is 108 Å². The highest BCUT2D eigenvalue weighted by Gasteiger charge is 2.55. The second-order valence-corrected chi connectivity index (χ2v) is 16.8. The van der Waals surface area contributed by atoms with Crippen LogP contribution in [-0.2, 0) is 30.3 Å². The number of carbonyl (C=O) groups is 3. The molecule has 0 radical (unpaired) electrons. The van der Waals surface area contributed by atoms with Crippen LogP contribution in [0.5, 0.6) is 5.88 Å². The van der Waals surface area contributed by atoms with E-state index in [1.54, 1.807) is 11.0 Å². The maximum absolute atomic E-state index is 14.6. The average molecular weight is 668 g/mol. The Morgan fingerprint density at radius 1 is 0.957 bits per heavy atom. The first-order valence-corrected chi connectivity index (χ1v) is 17.8. The van der Waals surface area contributed by atoms with Crippen molar-refractivity contribution in [3.8, 4) is 5.88 Å². The van der Waals surface area contributed by atoms with Crippen LogP contribution in [0.2, 0.25) is 5.02 Å². The molecule has 8 atom stereocenters. The van der Waals surface area contributed by atoms with E-state index in [1.807, 2.05) is 60.6 Å². The summed E-state index contributed by atoms with van der Waals surface area (Å²) in [5.41, 5.74) is 0.807. The summed E-state index contributed by atoms with van der Waals surface area (Å²) in [6.07, 6.45) is 6.13. The van der Waals surface area contributed by atoms with Crippen molar-refractivity contribution in [2.45, 2.75) is 124 Å². The molecular formula is C37H50ClN3O6. The van der Waals surface area contributed by atoms with Crippen LogP contribution < -0.4 is 4.74 Å². The average Bonchev–Trinajstić information content (AvgIpc) is 3.53. The van der Waals surface area contributed by atoms with Crippen molar-refractivity contribution in [3.05, 3.63) is 28.9 Å². The molecule has 2 aliphatic carbocycles. The largest absolute Gasteiger partial charge is 0.471 e. The Kier molecular flexibility index (Phi) is 9.26. The van der Waals surface area contributed by atoms with Gasteiger partial charge in [0.05, 0.1) is 29.9 Å². The van der Waals surface area contributed by atoms with E-state index in [0.29, 0.717) is 40.6 Å². The van der Waals surface area contributed by atoms with Crippen molar-refractivity contribution in [3.63, 3.8) is 0 Å².